The first-order valence-electron chi connectivity index (χ1n) is 17.4. The van der Waals surface area contributed by atoms with E-state index in [1.165, 1.54) is 42.8 Å². The fraction of sp³-hybridized carbons (Fsp3) is 0.429. The van der Waals surface area contributed by atoms with E-state index in [1.54, 1.807) is 4.40 Å². The Bertz CT molecular complexity index is 1900. The number of fused-ring (bicyclic) bond motifs is 4. The van der Waals surface area contributed by atoms with Gasteiger partial charge in [0, 0.05) is 38.0 Å². The molecule has 0 spiro atoms. The van der Waals surface area contributed by atoms with E-state index in [4.69, 9.17) is 4.98 Å². The number of aliphatic hydroxyl groups excluding tert-OH is 1. The van der Waals surface area contributed by atoms with E-state index in [2.05, 4.69) is 99.6 Å². The standard InChI is InChI=1S/C29H30GeNS.C13H24O2.Ir/c1-18-25(30(5,6)7)13-12-22-23-14-15-31-26(28(23)32-27(18)22)20-16-19-10-8-9-11-21(19)24(17-20)29(2,3)4;1-5-10(6-2)12(14)9-13(15)11(7-3)8-4;/h8-15,17H,1-7H3;9-11,14H,5-8H2,1-4H3;/q-1;;/b;12-9-;. The maximum atomic E-state index is 11.7. The average Bonchev–Trinajstić information content (AvgIpc) is 3.41. The van der Waals surface area contributed by atoms with Gasteiger partial charge in [-0.2, -0.15) is 0 Å². The van der Waals surface area contributed by atoms with Crippen LogP contribution in [0.3, 0.4) is 0 Å². The number of thiophene rings is 1. The summed E-state index contributed by atoms with van der Waals surface area (Å²) in [5.74, 6) is 7.98. The van der Waals surface area contributed by atoms with E-state index < -0.39 is 13.3 Å². The average molecular weight is 902 g/mol. The van der Waals surface area contributed by atoms with Gasteiger partial charge in [0.15, 0.2) is 5.78 Å². The number of carbonyl (C=O) groups excluding carboxylic acids is 1. The van der Waals surface area contributed by atoms with Crippen molar-refractivity contribution in [2.24, 2.45) is 11.8 Å². The van der Waals surface area contributed by atoms with Crippen molar-refractivity contribution in [3.05, 3.63) is 83.8 Å². The molecule has 2 aromatic heterocycles. The zero-order chi connectivity index (χ0) is 34.7. The molecule has 2 heterocycles. The molecule has 0 saturated heterocycles. The van der Waals surface area contributed by atoms with Crippen molar-refractivity contribution in [1.29, 1.82) is 0 Å². The van der Waals surface area contributed by atoms with Crippen LogP contribution in [0.1, 0.15) is 85.3 Å². The van der Waals surface area contributed by atoms with E-state index in [9.17, 15) is 9.90 Å². The molecule has 6 heteroatoms. The van der Waals surface area contributed by atoms with Gasteiger partial charge in [-0.05, 0) is 25.7 Å². The maximum Gasteiger partial charge on any atom is 0 e. The molecule has 0 bridgehead atoms. The van der Waals surface area contributed by atoms with Crippen LogP contribution in [-0.2, 0) is 30.3 Å². The van der Waals surface area contributed by atoms with Gasteiger partial charge in [-0.1, -0.05) is 27.7 Å². The maximum absolute atomic E-state index is 11.7. The van der Waals surface area contributed by atoms with Gasteiger partial charge in [0.05, 0.1) is 5.76 Å². The largest absolute Gasteiger partial charge is 0 e. The predicted molar refractivity (Wildman–Crippen MR) is 209 cm³/mol. The number of ketones is 1. The summed E-state index contributed by atoms with van der Waals surface area (Å²) < 4.78 is 4.30. The van der Waals surface area contributed by atoms with Gasteiger partial charge in [0.25, 0.3) is 0 Å². The molecule has 0 aliphatic heterocycles. The molecule has 0 atom stereocenters. The Kier molecular flexibility index (Phi) is 13.9. The first-order chi connectivity index (χ1) is 22.2. The Hall–Kier alpha value is -2.31. The van der Waals surface area contributed by atoms with E-state index in [1.807, 2.05) is 45.2 Å². The zero-order valence-corrected chi connectivity index (χ0v) is 36.1. The SMILES string of the molecule is CCC(CC)C(=O)/C=C(\O)C(CC)CC.Cc1[c]([Ge]([CH3])([CH3])[CH3])ccc2c1sc1c(-c3[c-]c4ccccc4c(C(C)(C)C)c3)nccc12.[Ir]. The van der Waals surface area contributed by atoms with Crippen LogP contribution in [0.5, 0.6) is 0 Å². The van der Waals surface area contributed by atoms with Crippen LogP contribution >= 0.6 is 11.3 Å². The summed E-state index contributed by atoms with van der Waals surface area (Å²) in [5.41, 5.74) is 5.01. The first kappa shape index (κ1) is 40.1. The Morgan fingerprint density at radius 2 is 1.50 bits per heavy atom. The molecule has 3 aromatic carbocycles. The Balaban J connectivity index is 0.000000334. The third-order valence-corrected chi connectivity index (χ3v) is 15.4. The second kappa shape index (κ2) is 16.6. The fourth-order valence-electron chi connectivity index (χ4n) is 6.66. The summed E-state index contributed by atoms with van der Waals surface area (Å²) in [4.78, 5) is 16.6. The quantitative estimate of drug-likeness (QED) is 0.0694. The second-order valence-corrected chi connectivity index (χ2v) is 26.5. The van der Waals surface area contributed by atoms with E-state index >= 15 is 0 Å². The van der Waals surface area contributed by atoms with Crippen molar-refractivity contribution < 1.29 is 30.0 Å². The van der Waals surface area contributed by atoms with E-state index in [-0.39, 0.29) is 48.9 Å². The van der Waals surface area contributed by atoms with Crippen LogP contribution in [0.15, 0.2) is 66.6 Å². The topological polar surface area (TPSA) is 50.2 Å². The predicted octanol–water partition coefficient (Wildman–Crippen LogP) is 12.1. The van der Waals surface area contributed by atoms with Gasteiger partial charge in [-0.3, -0.25) is 4.79 Å². The molecular formula is C42H54GeIrNO2S-. The molecule has 259 valence electrons. The number of aromatic nitrogens is 1. The van der Waals surface area contributed by atoms with Crippen LogP contribution in [0.2, 0.25) is 17.3 Å². The molecule has 3 nitrogen and oxygen atoms in total. The van der Waals surface area contributed by atoms with Crippen LogP contribution < -0.4 is 4.40 Å². The second-order valence-electron chi connectivity index (χ2n) is 14.9. The summed E-state index contributed by atoms with van der Waals surface area (Å²) in [5, 5.41) is 14.9. The molecule has 0 unspecified atom stereocenters. The number of nitrogens with zero attached hydrogens (tertiary/aromatic N) is 1. The summed E-state index contributed by atoms with van der Waals surface area (Å²) in [6, 6.07) is 21.5. The number of carbonyl (C=O) groups is 1. The molecule has 5 rings (SSSR count). The zero-order valence-electron chi connectivity index (χ0n) is 30.8. The van der Waals surface area contributed by atoms with Crippen LogP contribution in [0, 0.1) is 24.8 Å². The number of pyridine rings is 1. The molecule has 1 radical (unpaired) electrons. The third kappa shape index (κ3) is 8.70. The summed E-state index contributed by atoms with van der Waals surface area (Å²) in [6.45, 7) is 17.2. The molecular weight excluding hydrogens is 847 g/mol. The van der Waals surface area contributed by atoms with Crippen molar-refractivity contribution in [1.82, 2.24) is 4.98 Å². The van der Waals surface area contributed by atoms with Crippen LogP contribution in [-0.4, -0.2) is 29.1 Å². The number of aryl methyl sites for hydroxylation is 1. The minimum absolute atomic E-state index is 0. The van der Waals surface area contributed by atoms with Crippen molar-refractivity contribution >= 4 is 65.7 Å². The Labute approximate surface area is 309 Å². The van der Waals surface area contributed by atoms with Crippen molar-refractivity contribution in [2.75, 3.05) is 0 Å². The molecule has 1 N–H and O–H groups in total. The molecule has 0 aliphatic rings. The molecule has 0 saturated carbocycles. The number of allylic oxidation sites excluding steroid dienone is 2. The first-order valence-corrected chi connectivity index (χ1v) is 25.5. The Morgan fingerprint density at radius 1 is 0.896 bits per heavy atom. The van der Waals surface area contributed by atoms with Gasteiger partial charge in [-0.25, -0.2) is 0 Å². The van der Waals surface area contributed by atoms with E-state index in [0.29, 0.717) is 0 Å². The number of hydrogen-bond acceptors (Lipinski definition) is 4. The summed E-state index contributed by atoms with van der Waals surface area (Å²) >= 11 is -0.0228. The van der Waals surface area contributed by atoms with Crippen molar-refractivity contribution in [3.63, 3.8) is 0 Å². The summed E-state index contributed by atoms with van der Waals surface area (Å²) in [7, 11) is 0. The van der Waals surface area contributed by atoms with Crippen molar-refractivity contribution in [2.45, 2.75) is 104 Å². The molecule has 0 fully saturated rings. The number of benzene rings is 3. The van der Waals surface area contributed by atoms with E-state index in [0.717, 1.165) is 42.3 Å². The Morgan fingerprint density at radius 3 is 2.08 bits per heavy atom. The number of aliphatic hydroxyl groups is 1. The molecule has 0 aliphatic carbocycles. The smallest absolute Gasteiger partial charge is 0 e. The number of hydrogen-bond donors (Lipinski definition) is 1. The minimum Gasteiger partial charge on any atom is 0 e. The van der Waals surface area contributed by atoms with Gasteiger partial charge < -0.3 is 5.11 Å². The van der Waals surface area contributed by atoms with Crippen LogP contribution in [0.4, 0.5) is 0 Å². The van der Waals surface area contributed by atoms with Crippen LogP contribution in [0.25, 0.3) is 42.2 Å². The van der Waals surface area contributed by atoms with Gasteiger partial charge in [0.1, 0.15) is 0 Å². The van der Waals surface area contributed by atoms with Gasteiger partial charge in [-0.15, -0.1) is 0 Å². The third-order valence-electron chi connectivity index (χ3n) is 9.53. The molecule has 0 amide bonds. The van der Waals surface area contributed by atoms with Gasteiger partial charge >= 0.3 is 198 Å². The van der Waals surface area contributed by atoms with Gasteiger partial charge in [0.2, 0.25) is 0 Å². The van der Waals surface area contributed by atoms with Crippen molar-refractivity contribution in [3.8, 4) is 11.3 Å². The summed E-state index contributed by atoms with van der Waals surface area (Å²) in [6.07, 6.45) is 6.87. The monoisotopic (exact) mass is 903 g/mol. The molecule has 5 aromatic rings. The normalized spacial score (nSPS) is 12.5. The number of rotatable bonds is 9. The molecule has 48 heavy (non-hydrogen) atoms. The fourth-order valence-corrected chi connectivity index (χ4v) is 12.0. The minimum atomic E-state index is -1.93.